The van der Waals surface area contributed by atoms with Crippen LogP contribution in [0, 0.1) is 6.92 Å². The first-order chi connectivity index (χ1) is 7.20. The fourth-order valence-corrected chi connectivity index (χ4v) is 2.16. The molecule has 0 radical (unpaired) electrons. The average molecular weight is 205 g/mol. The van der Waals surface area contributed by atoms with Crippen molar-refractivity contribution < 1.29 is 9.90 Å². The van der Waals surface area contributed by atoms with Gasteiger partial charge in [0.15, 0.2) is 0 Å². The summed E-state index contributed by atoms with van der Waals surface area (Å²) in [7, 11) is 0. The minimum atomic E-state index is -0.839. The molecule has 1 fully saturated rings. The Morgan fingerprint density at radius 3 is 2.60 bits per heavy atom. The van der Waals surface area contributed by atoms with Crippen LogP contribution in [0.25, 0.3) is 0 Å². The number of carbonyl (C=O) groups is 1. The summed E-state index contributed by atoms with van der Waals surface area (Å²) in [5, 5.41) is 9.01. The summed E-state index contributed by atoms with van der Waals surface area (Å²) >= 11 is 0. The van der Waals surface area contributed by atoms with E-state index in [1.807, 2.05) is 19.1 Å². The van der Waals surface area contributed by atoms with Gasteiger partial charge in [-0.1, -0.05) is 6.07 Å². The molecule has 1 heterocycles. The quantitative estimate of drug-likeness (QED) is 0.805. The summed E-state index contributed by atoms with van der Waals surface area (Å²) in [4.78, 5) is 13.2. The maximum atomic E-state index is 11.0. The summed E-state index contributed by atoms with van der Waals surface area (Å²) in [6.07, 6.45) is 2.41. The second-order valence-corrected chi connectivity index (χ2v) is 3.95. The minimum absolute atomic E-state index is 0.416. The van der Waals surface area contributed by atoms with Crippen LogP contribution in [0.5, 0.6) is 0 Å². The highest BCUT2D eigenvalue weighted by molar-refractivity contribution is 5.91. The Labute approximate surface area is 89.3 Å². The van der Waals surface area contributed by atoms with Crippen molar-refractivity contribution in [2.45, 2.75) is 19.8 Å². The standard InChI is InChI=1S/C12H15NO2/c1-9-10(12(14)15)5-4-6-11(9)13-7-2-3-8-13/h4-6H,2-3,7-8H2,1H3,(H,14,15). The number of aromatic carboxylic acids is 1. The van der Waals surface area contributed by atoms with Crippen molar-refractivity contribution in [3.8, 4) is 0 Å². The van der Waals surface area contributed by atoms with Gasteiger partial charge >= 0.3 is 5.97 Å². The van der Waals surface area contributed by atoms with Crippen molar-refractivity contribution in [3.05, 3.63) is 29.3 Å². The molecule has 1 N–H and O–H groups in total. The molecule has 0 aliphatic carbocycles. The largest absolute Gasteiger partial charge is 0.478 e. The fraction of sp³-hybridized carbons (Fsp3) is 0.417. The lowest BCUT2D eigenvalue weighted by molar-refractivity contribution is 0.0696. The Morgan fingerprint density at radius 2 is 2.00 bits per heavy atom. The normalized spacial score (nSPS) is 15.7. The van der Waals surface area contributed by atoms with E-state index in [9.17, 15) is 4.79 Å². The Kier molecular flexibility index (Phi) is 2.62. The van der Waals surface area contributed by atoms with Crippen LogP contribution in [-0.2, 0) is 0 Å². The van der Waals surface area contributed by atoms with Crippen LogP contribution in [0.2, 0.25) is 0 Å². The van der Waals surface area contributed by atoms with Gasteiger partial charge < -0.3 is 10.0 Å². The number of carboxylic acid groups (broad SMARTS) is 1. The van der Waals surface area contributed by atoms with Crippen LogP contribution in [0.4, 0.5) is 5.69 Å². The van der Waals surface area contributed by atoms with Gasteiger partial charge in [-0.25, -0.2) is 4.79 Å². The van der Waals surface area contributed by atoms with E-state index in [4.69, 9.17) is 5.11 Å². The predicted octanol–water partition coefficient (Wildman–Crippen LogP) is 2.29. The number of nitrogens with zero attached hydrogens (tertiary/aromatic N) is 1. The Bertz CT molecular complexity index is 381. The van der Waals surface area contributed by atoms with E-state index in [-0.39, 0.29) is 0 Å². The number of carboxylic acids is 1. The number of anilines is 1. The molecule has 1 aromatic rings. The zero-order valence-corrected chi connectivity index (χ0v) is 8.86. The molecule has 0 spiro atoms. The second-order valence-electron chi connectivity index (χ2n) is 3.95. The van der Waals surface area contributed by atoms with Crippen molar-refractivity contribution in [3.63, 3.8) is 0 Å². The molecule has 1 aromatic carbocycles. The van der Waals surface area contributed by atoms with E-state index in [2.05, 4.69) is 4.90 Å². The topological polar surface area (TPSA) is 40.5 Å². The van der Waals surface area contributed by atoms with Gasteiger partial charge in [0.1, 0.15) is 0 Å². The molecular formula is C12H15NO2. The van der Waals surface area contributed by atoms with Crippen molar-refractivity contribution in [2.24, 2.45) is 0 Å². The molecule has 0 bridgehead atoms. The number of hydrogen-bond acceptors (Lipinski definition) is 2. The fourth-order valence-electron chi connectivity index (χ4n) is 2.16. The lowest BCUT2D eigenvalue weighted by atomic mass is 10.1. The third kappa shape index (κ3) is 1.82. The zero-order valence-electron chi connectivity index (χ0n) is 8.86. The first kappa shape index (κ1) is 10.0. The van der Waals surface area contributed by atoms with E-state index in [1.165, 1.54) is 12.8 Å². The summed E-state index contributed by atoms with van der Waals surface area (Å²) in [6.45, 7) is 3.98. The van der Waals surface area contributed by atoms with E-state index in [0.29, 0.717) is 5.56 Å². The number of hydrogen-bond donors (Lipinski definition) is 1. The molecule has 3 nitrogen and oxygen atoms in total. The lowest BCUT2D eigenvalue weighted by Crippen LogP contribution is -2.19. The Balaban J connectivity index is 2.39. The summed E-state index contributed by atoms with van der Waals surface area (Å²) in [5.74, 6) is -0.839. The minimum Gasteiger partial charge on any atom is -0.478 e. The van der Waals surface area contributed by atoms with Gasteiger partial charge in [0.25, 0.3) is 0 Å². The maximum Gasteiger partial charge on any atom is 0.336 e. The third-order valence-electron chi connectivity index (χ3n) is 2.98. The molecule has 3 heteroatoms. The van der Waals surface area contributed by atoms with Crippen LogP contribution in [0.3, 0.4) is 0 Å². The van der Waals surface area contributed by atoms with Gasteiger partial charge in [-0.2, -0.15) is 0 Å². The van der Waals surface area contributed by atoms with Crippen LogP contribution >= 0.6 is 0 Å². The molecular weight excluding hydrogens is 190 g/mol. The van der Waals surface area contributed by atoms with Crippen LogP contribution in [-0.4, -0.2) is 24.2 Å². The molecule has 2 rings (SSSR count). The molecule has 1 saturated heterocycles. The summed E-state index contributed by atoms with van der Waals surface area (Å²) in [6, 6.07) is 5.49. The highest BCUT2D eigenvalue weighted by atomic mass is 16.4. The predicted molar refractivity (Wildman–Crippen MR) is 59.6 cm³/mol. The highest BCUT2D eigenvalue weighted by Crippen LogP contribution is 2.26. The van der Waals surface area contributed by atoms with Crippen molar-refractivity contribution in [1.29, 1.82) is 0 Å². The van der Waals surface area contributed by atoms with Crippen LogP contribution in [0.15, 0.2) is 18.2 Å². The van der Waals surface area contributed by atoms with Gasteiger partial charge in [0, 0.05) is 18.8 Å². The van der Waals surface area contributed by atoms with Gasteiger partial charge in [-0.05, 0) is 37.5 Å². The maximum absolute atomic E-state index is 11.0. The molecule has 1 aliphatic heterocycles. The number of benzene rings is 1. The molecule has 0 amide bonds. The Morgan fingerprint density at radius 1 is 1.33 bits per heavy atom. The summed E-state index contributed by atoms with van der Waals surface area (Å²) in [5.41, 5.74) is 2.37. The zero-order chi connectivity index (χ0) is 10.8. The van der Waals surface area contributed by atoms with Gasteiger partial charge in [0.05, 0.1) is 5.56 Å². The molecule has 0 atom stereocenters. The van der Waals surface area contributed by atoms with Gasteiger partial charge in [-0.15, -0.1) is 0 Å². The number of rotatable bonds is 2. The van der Waals surface area contributed by atoms with Gasteiger partial charge in [-0.3, -0.25) is 0 Å². The average Bonchev–Trinajstić information content (AvgIpc) is 2.70. The smallest absolute Gasteiger partial charge is 0.336 e. The molecule has 0 aromatic heterocycles. The van der Waals surface area contributed by atoms with Crippen molar-refractivity contribution >= 4 is 11.7 Å². The molecule has 15 heavy (non-hydrogen) atoms. The van der Waals surface area contributed by atoms with Crippen LogP contribution < -0.4 is 4.90 Å². The Hall–Kier alpha value is -1.51. The monoisotopic (exact) mass is 205 g/mol. The van der Waals surface area contributed by atoms with Crippen LogP contribution in [0.1, 0.15) is 28.8 Å². The van der Waals surface area contributed by atoms with E-state index in [1.54, 1.807) is 6.07 Å². The third-order valence-corrected chi connectivity index (χ3v) is 2.98. The van der Waals surface area contributed by atoms with E-state index < -0.39 is 5.97 Å². The SMILES string of the molecule is Cc1c(C(=O)O)cccc1N1CCCC1. The molecule has 1 aliphatic rings. The lowest BCUT2D eigenvalue weighted by Gasteiger charge is -2.20. The molecule has 0 saturated carbocycles. The van der Waals surface area contributed by atoms with Crippen molar-refractivity contribution in [1.82, 2.24) is 0 Å². The second kappa shape index (κ2) is 3.93. The molecule has 0 unspecified atom stereocenters. The highest BCUT2D eigenvalue weighted by Gasteiger charge is 2.17. The van der Waals surface area contributed by atoms with E-state index in [0.717, 1.165) is 24.3 Å². The first-order valence-electron chi connectivity index (χ1n) is 5.28. The first-order valence-corrected chi connectivity index (χ1v) is 5.28. The van der Waals surface area contributed by atoms with Crippen molar-refractivity contribution in [2.75, 3.05) is 18.0 Å². The summed E-state index contributed by atoms with van der Waals surface area (Å²) < 4.78 is 0. The van der Waals surface area contributed by atoms with Gasteiger partial charge in [0.2, 0.25) is 0 Å². The molecule has 80 valence electrons. The van der Waals surface area contributed by atoms with E-state index >= 15 is 0 Å².